The topological polar surface area (TPSA) is 55.6 Å². The standard InChI is InChI=1S/C17H34N2O2/c1-2-3-15-19(21-16-11-7-6-8-12-16)17(20)13-9-4-5-10-14-18/h16H,2-15,18H2,1H3. The van der Waals surface area contributed by atoms with Crippen LogP contribution in [-0.2, 0) is 9.63 Å². The SMILES string of the molecule is CCCCN(OC1CCCCC1)C(=O)CCCCCCN. The van der Waals surface area contributed by atoms with Gasteiger partial charge in [0.15, 0.2) is 0 Å². The first kappa shape index (κ1) is 18.4. The zero-order valence-electron chi connectivity index (χ0n) is 13.8. The van der Waals surface area contributed by atoms with Crippen LogP contribution >= 0.6 is 0 Å². The second kappa shape index (κ2) is 12.0. The highest BCUT2D eigenvalue weighted by atomic mass is 16.7. The summed E-state index contributed by atoms with van der Waals surface area (Å²) >= 11 is 0. The van der Waals surface area contributed by atoms with Crippen LogP contribution in [0, 0.1) is 0 Å². The van der Waals surface area contributed by atoms with Crippen molar-refractivity contribution in [3.8, 4) is 0 Å². The van der Waals surface area contributed by atoms with Crippen LogP contribution in [-0.4, -0.2) is 30.2 Å². The molecule has 1 amide bonds. The molecule has 124 valence electrons. The lowest BCUT2D eigenvalue weighted by Gasteiger charge is -2.29. The summed E-state index contributed by atoms with van der Waals surface area (Å²) < 4.78 is 0. The van der Waals surface area contributed by atoms with Crippen molar-refractivity contribution in [2.45, 2.75) is 90.1 Å². The van der Waals surface area contributed by atoms with Crippen molar-refractivity contribution in [3.63, 3.8) is 0 Å². The Labute approximate surface area is 130 Å². The summed E-state index contributed by atoms with van der Waals surface area (Å²) in [6.07, 6.45) is 13.2. The Morgan fingerprint density at radius 2 is 1.81 bits per heavy atom. The molecule has 1 rings (SSSR count). The van der Waals surface area contributed by atoms with Gasteiger partial charge in [0.05, 0.1) is 6.10 Å². The van der Waals surface area contributed by atoms with Crippen molar-refractivity contribution in [2.75, 3.05) is 13.1 Å². The van der Waals surface area contributed by atoms with Gasteiger partial charge < -0.3 is 5.73 Å². The maximum absolute atomic E-state index is 12.3. The minimum atomic E-state index is 0.168. The lowest BCUT2D eigenvalue weighted by Crippen LogP contribution is -2.36. The number of hydrogen-bond acceptors (Lipinski definition) is 3. The first-order valence-corrected chi connectivity index (χ1v) is 8.95. The van der Waals surface area contributed by atoms with E-state index in [2.05, 4.69) is 6.92 Å². The van der Waals surface area contributed by atoms with Crippen LogP contribution in [0.1, 0.15) is 84.0 Å². The molecule has 0 saturated heterocycles. The maximum Gasteiger partial charge on any atom is 0.246 e. The van der Waals surface area contributed by atoms with E-state index in [1.165, 1.54) is 19.3 Å². The predicted octanol–water partition coefficient (Wildman–Crippen LogP) is 3.79. The third kappa shape index (κ3) is 8.42. The summed E-state index contributed by atoms with van der Waals surface area (Å²) in [6, 6.07) is 0. The maximum atomic E-state index is 12.3. The van der Waals surface area contributed by atoms with E-state index < -0.39 is 0 Å². The van der Waals surface area contributed by atoms with Crippen molar-refractivity contribution in [1.29, 1.82) is 0 Å². The predicted molar refractivity (Wildman–Crippen MR) is 86.7 cm³/mol. The number of carbonyl (C=O) groups is 1. The summed E-state index contributed by atoms with van der Waals surface area (Å²) in [5, 5.41) is 1.67. The minimum Gasteiger partial charge on any atom is -0.330 e. The van der Waals surface area contributed by atoms with Crippen LogP contribution in [0.25, 0.3) is 0 Å². The molecule has 0 atom stereocenters. The van der Waals surface area contributed by atoms with Crippen molar-refractivity contribution < 1.29 is 9.63 Å². The molecule has 21 heavy (non-hydrogen) atoms. The van der Waals surface area contributed by atoms with Gasteiger partial charge in [-0.25, -0.2) is 5.06 Å². The monoisotopic (exact) mass is 298 g/mol. The summed E-state index contributed by atoms with van der Waals surface area (Å²) in [4.78, 5) is 18.3. The molecule has 4 nitrogen and oxygen atoms in total. The summed E-state index contributed by atoms with van der Waals surface area (Å²) in [7, 11) is 0. The van der Waals surface area contributed by atoms with Crippen LogP contribution < -0.4 is 5.73 Å². The normalized spacial score (nSPS) is 16.1. The van der Waals surface area contributed by atoms with Crippen molar-refractivity contribution >= 4 is 5.91 Å². The second-order valence-corrected chi connectivity index (χ2v) is 6.17. The highest BCUT2D eigenvalue weighted by Crippen LogP contribution is 2.22. The van der Waals surface area contributed by atoms with Crippen molar-refractivity contribution in [3.05, 3.63) is 0 Å². The molecule has 0 heterocycles. The van der Waals surface area contributed by atoms with Crippen LogP contribution in [0.5, 0.6) is 0 Å². The number of unbranched alkanes of at least 4 members (excludes halogenated alkanes) is 4. The zero-order valence-corrected chi connectivity index (χ0v) is 13.8. The third-order valence-electron chi connectivity index (χ3n) is 4.17. The van der Waals surface area contributed by atoms with E-state index in [1.807, 2.05) is 0 Å². The largest absolute Gasteiger partial charge is 0.330 e. The Morgan fingerprint density at radius 3 is 2.48 bits per heavy atom. The Balaban J connectivity index is 2.30. The molecule has 0 bridgehead atoms. The van der Waals surface area contributed by atoms with Gasteiger partial charge in [0.25, 0.3) is 0 Å². The fraction of sp³-hybridized carbons (Fsp3) is 0.941. The van der Waals surface area contributed by atoms with E-state index in [-0.39, 0.29) is 12.0 Å². The summed E-state index contributed by atoms with van der Waals surface area (Å²) in [5.74, 6) is 0.168. The third-order valence-corrected chi connectivity index (χ3v) is 4.17. The number of rotatable bonds is 11. The second-order valence-electron chi connectivity index (χ2n) is 6.17. The molecule has 0 spiro atoms. The first-order chi connectivity index (χ1) is 10.3. The molecule has 4 heteroatoms. The van der Waals surface area contributed by atoms with E-state index in [9.17, 15) is 4.79 Å². The van der Waals surface area contributed by atoms with Gasteiger partial charge in [-0.1, -0.05) is 45.4 Å². The smallest absolute Gasteiger partial charge is 0.246 e. The minimum absolute atomic E-state index is 0.168. The van der Waals surface area contributed by atoms with E-state index in [4.69, 9.17) is 10.6 Å². The fourth-order valence-electron chi connectivity index (χ4n) is 2.79. The summed E-state index contributed by atoms with van der Waals surface area (Å²) in [6.45, 7) is 3.64. The number of hydroxylamine groups is 2. The summed E-state index contributed by atoms with van der Waals surface area (Å²) in [5.41, 5.74) is 5.48. The van der Waals surface area contributed by atoms with Crippen LogP contribution in [0.15, 0.2) is 0 Å². The molecule has 1 saturated carbocycles. The first-order valence-electron chi connectivity index (χ1n) is 8.95. The lowest BCUT2D eigenvalue weighted by molar-refractivity contribution is -0.211. The van der Waals surface area contributed by atoms with Gasteiger partial charge in [-0.2, -0.15) is 0 Å². The van der Waals surface area contributed by atoms with Gasteiger partial charge in [-0.3, -0.25) is 9.63 Å². The molecule has 0 aromatic carbocycles. The number of hydrogen-bond donors (Lipinski definition) is 1. The van der Waals surface area contributed by atoms with E-state index in [0.29, 0.717) is 6.42 Å². The molecule has 0 unspecified atom stereocenters. The zero-order chi connectivity index (χ0) is 15.3. The Hall–Kier alpha value is -0.610. The highest BCUT2D eigenvalue weighted by molar-refractivity contribution is 5.75. The van der Waals surface area contributed by atoms with Gasteiger partial charge in [-0.15, -0.1) is 0 Å². The molecular formula is C17H34N2O2. The number of nitrogens with zero attached hydrogens (tertiary/aromatic N) is 1. The molecule has 1 aliphatic rings. The van der Waals surface area contributed by atoms with Crippen LogP contribution in [0.3, 0.4) is 0 Å². The Morgan fingerprint density at radius 1 is 1.10 bits per heavy atom. The average molecular weight is 298 g/mol. The van der Waals surface area contributed by atoms with Crippen molar-refractivity contribution in [1.82, 2.24) is 5.06 Å². The van der Waals surface area contributed by atoms with Crippen molar-refractivity contribution in [2.24, 2.45) is 5.73 Å². The van der Waals surface area contributed by atoms with Gasteiger partial charge in [0.1, 0.15) is 0 Å². The number of amides is 1. The molecular weight excluding hydrogens is 264 g/mol. The van der Waals surface area contributed by atoms with Crippen LogP contribution in [0.2, 0.25) is 0 Å². The van der Waals surface area contributed by atoms with Crippen LogP contribution in [0.4, 0.5) is 0 Å². The van der Waals surface area contributed by atoms with E-state index in [1.54, 1.807) is 5.06 Å². The lowest BCUT2D eigenvalue weighted by atomic mass is 9.98. The van der Waals surface area contributed by atoms with Gasteiger partial charge >= 0.3 is 0 Å². The average Bonchev–Trinajstić information content (AvgIpc) is 2.52. The van der Waals surface area contributed by atoms with E-state index in [0.717, 1.165) is 64.5 Å². The molecule has 1 aliphatic carbocycles. The molecule has 0 aromatic rings. The quantitative estimate of drug-likeness (QED) is 0.466. The highest BCUT2D eigenvalue weighted by Gasteiger charge is 2.21. The molecule has 2 N–H and O–H groups in total. The number of carbonyl (C=O) groups excluding carboxylic acids is 1. The molecule has 0 radical (unpaired) electrons. The van der Waals surface area contributed by atoms with Gasteiger partial charge in [0.2, 0.25) is 5.91 Å². The van der Waals surface area contributed by atoms with Gasteiger partial charge in [-0.05, 0) is 38.6 Å². The van der Waals surface area contributed by atoms with E-state index >= 15 is 0 Å². The van der Waals surface area contributed by atoms with Gasteiger partial charge in [0, 0.05) is 13.0 Å². The number of nitrogens with two attached hydrogens (primary N) is 1. The molecule has 1 fully saturated rings. The fourth-order valence-corrected chi connectivity index (χ4v) is 2.79. The Bertz CT molecular complexity index is 266. The molecule has 0 aliphatic heterocycles. The Kier molecular flexibility index (Phi) is 10.5. The molecule has 0 aromatic heterocycles.